The fourth-order valence-corrected chi connectivity index (χ4v) is 3.06. The molecule has 1 fully saturated rings. The van der Waals surface area contributed by atoms with E-state index in [-0.39, 0.29) is 12.0 Å². The number of aliphatic hydroxyl groups excluding tert-OH is 1. The Morgan fingerprint density at radius 1 is 1.30 bits per heavy atom. The zero-order chi connectivity index (χ0) is 16.5. The monoisotopic (exact) mass is 319 g/mol. The summed E-state index contributed by atoms with van der Waals surface area (Å²) >= 11 is 0. The molecule has 1 unspecified atom stereocenters. The van der Waals surface area contributed by atoms with Crippen LogP contribution in [0.3, 0.4) is 0 Å². The Bertz CT molecular complexity index is 511. The van der Waals surface area contributed by atoms with E-state index in [1.807, 2.05) is 0 Å². The number of rotatable bonds is 7. The molecule has 5 nitrogen and oxygen atoms in total. The molecule has 1 aliphatic rings. The van der Waals surface area contributed by atoms with Gasteiger partial charge in [-0.3, -0.25) is 4.99 Å². The molecule has 1 aromatic carbocycles. The van der Waals surface area contributed by atoms with Crippen LogP contribution in [0.15, 0.2) is 29.3 Å². The van der Waals surface area contributed by atoms with E-state index in [0.29, 0.717) is 6.61 Å². The summed E-state index contributed by atoms with van der Waals surface area (Å²) in [6, 6.07) is 8.46. The van der Waals surface area contributed by atoms with Crippen LogP contribution in [0.25, 0.3) is 0 Å². The van der Waals surface area contributed by atoms with Crippen molar-refractivity contribution in [2.24, 2.45) is 10.4 Å². The van der Waals surface area contributed by atoms with E-state index in [0.717, 1.165) is 44.9 Å². The number of aliphatic hydroxyl groups is 1. The van der Waals surface area contributed by atoms with Crippen molar-refractivity contribution in [1.29, 1.82) is 0 Å². The molecule has 0 bridgehead atoms. The highest BCUT2D eigenvalue weighted by Gasteiger charge is 2.34. The van der Waals surface area contributed by atoms with Crippen molar-refractivity contribution in [2.45, 2.75) is 32.7 Å². The smallest absolute Gasteiger partial charge is 0.191 e. The zero-order valence-electron chi connectivity index (χ0n) is 14.3. The lowest BCUT2D eigenvalue weighted by Crippen LogP contribution is -2.44. The largest absolute Gasteiger partial charge is 0.396 e. The van der Waals surface area contributed by atoms with Crippen LogP contribution in [0.5, 0.6) is 0 Å². The third-order valence-corrected chi connectivity index (χ3v) is 4.63. The first kappa shape index (κ1) is 17.8. The van der Waals surface area contributed by atoms with Crippen LogP contribution in [-0.4, -0.2) is 44.5 Å². The average Bonchev–Trinajstić information content (AvgIpc) is 3.04. The summed E-state index contributed by atoms with van der Waals surface area (Å²) in [4.78, 5) is 4.30. The van der Waals surface area contributed by atoms with Crippen LogP contribution in [0.1, 0.15) is 30.9 Å². The van der Waals surface area contributed by atoms with Gasteiger partial charge >= 0.3 is 0 Å². The second kappa shape index (κ2) is 8.89. The van der Waals surface area contributed by atoms with E-state index in [2.05, 4.69) is 46.8 Å². The Morgan fingerprint density at radius 3 is 2.70 bits per heavy atom. The molecule has 23 heavy (non-hydrogen) atoms. The Morgan fingerprint density at radius 2 is 2.09 bits per heavy atom. The van der Waals surface area contributed by atoms with Gasteiger partial charge in [0, 0.05) is 38.8 Å². The molecule has 0 radical (unpaired) electrons. The second-order valence-electron chi connectivity index (χ2n) is 6.18. The van der Waals surface area contributed by atoms with Crippen LogP contribution >= 0.6 is 0 Å². The molecule has 0 aromatic heterocycles. The maximum absolute atomic E-state index is 9.29. The Balaban J connectivity index is 1.88. The van der Waals surface area contributed by atoms with E-state index >= 15 is 0 Å². The molecule has 3 N–H and O–H groups in total. The highest BCUT2D eigenvalue weighted by Crippen LogP contribution is 2.31. The molecule has 1 heterocycles. The first-order valence-electron chi connectivity index (χ1n) is 8.43. The van der Waals surface area contributed by atoms with Gasteiger partial charge in [-0.05, 0) is 30.4 Å². The van der Waals surface area contributed by atoms with Gasteiger partial charge in [0.15, 0.2) is 5.96 Å². The highest BCUT2D eigenvalue weighted by atomic mass is 16.5. The Labute approximate surface area is 139 Å². The van der Waals surface area contributed by atoms with E-state index in [1.165, 1.54) is 11.1 Å². The molecule has 1 atom stereocenters. The summed E-state index contributed by atoms with van der Waals surface area (Å²) in [5.41, 5.74) is 2.68. The predicted molar refractivity (Wildman–Crippen MR) is 93.6 cm³/mol. The molecular weight excluding hydrogens is 290 g/mol. The van der Waals surface area contributed by atoms with Crippen molar-refractivity contribution >= 4 is 5.96 Å². The zero-order valence-corrected chi connectivity index (χ0v) is 14.3. The van der Waals surface area contributed by atoms with Crippen LogP contribution in [0.2, 0.25) is 0 Å². The third-order valence-electron chi connectivity index (χ3n) is 4.63. The highest BCUT2D eigenvalue weighted by molar-refractivity contribution is 5.79. The quantitative estimate of drug-likeness (QED) is 0.529. The van der Waals surface area contributed by atoms with Gasteiger partial charge in [0.05, 0.1) is 6.61 Å². The van der Waals surface area contributed by atoms with Crippen molar-refractivity contribution in [1.82, 2.24) is 10.6 Å². The van der Waals surface area contributed by atoms with Gasteiger partial charge in [-0.1, -0.05) is 31.2 Å². The van der Waals surface area contributed by atoms with Gasteiger partial charge in [0.25, 0.3) is 0 Å². The van der Waals surface area contributed by atoms with Gasteiger partial charge < -0.3 is 20.5 Å². The standard InChI is InChI=1S/C18H29N3O2/c1-3-15-6-4-5-7-16(15)12-20-17(19-2)21-13-18(8-10-22)9-11-23-14-18/h4-7,22H,3,8-14H2,1-2H3,(H2,19,20,21). The SMILES string of the molecule is CCc1ccccc1CNC(=NC)NCC1(CCO)CCOC1. The summed E-state index contributed by atoms with van der Waals surface area (Å²) in [7, 11) is 1.78. The molecule has 1 aliphatic heterocycles. The topological polar surface area (TPSA) is 65.9 Å². The Kier molecular flexibility index (Phi) is 6.86. The van der Waals surface area contributed by atoms with E-state index in [4.69, 9.17) is 4.74 Å². The molecule has 2 rings (SSSR count). The third kappa shape index (κ3) is 4.94. The lowest BCUT2D eigenvalue weighted by Gasteiger charge is -2.27. The van der Waals surface area contributed by atoms with Crippen LogP contribution < -0.4 is 10.6 Å². The van der Waals surface area contributed by atoms with Gasteiger partial charge in [-0.15, -0.1) is 0 Å². The molecule has 5 heteroatoms. The summed E-state index contributed by atoms with van der Waals surface area (Å²) < 4.78 is 5.53. The minimum atomic E-state index is 0.0215. The average molecular weight is 319 g/mol. The minimum Gasteiger partial charge on any atom is -0.396 e. The molecule has 0 aliphatic carbocycles. The summed E-state index contributed by atoms with van der Waals surface area (Å²) in [5.74, 6) is 0.792. The number of aliphatic imine (C=N–C) groups is 1. The van der Waals surface area contributed by atoms with E-state index in [9.17, 15) is 5.11 Å². The Hall–Kier alpha value is -1.59. The summed E-state index contributed by atoms with van der Waals surface area (Å²) in [5, 5.41) is 16.1. The molecule has 1 saturated heterocycles. The normalized spacial score (nSPS) is 21.4. The molecule has 0 spiro atoms. The van der Waals surface area contributed by atoms with Crippen molar-refractivity contribution < 1.29 is 9.84 Å². The summed E-state index contributed by atoms with van der Waals surface area (Å²) in [6.07, 6.45) is 2.77. The number of nitrogens with zero attached hydrogens (tertiary/aromatic N) is 1. The van der Waals surface area contributed by atoms with Crippen molar-refractivity contribution in [3.63, 3.8) is 0 Å². The number of benzene rings is 1. The molecular formula is C18H29N3O2. The summed E-state index contributed by atoms with van der Waals surface area (Å²) in [6.45, 7) is 5.37. The number of ether oxygens (including phenoxy) is 1. The first-order chi connectivity index (χ1) is 11.2. The maximum atomic E-state index is 9.29. The van der Waals surface area contributed by atoms with Gasteiger partial charge in [0.2, 0.25) is 0 Å². The number of hydrogen-bond donors (Lipinski definition) is 3. The van der Waals surface area contributed by atoms with Gasteiger partial charge in [0.1, 0.15) is 0 Å². The fourth-order valence-electron chi connectivity index (χ4n) is 3.06. The minimum absolute atomic E-state index is 0.0215. The lowest BCUT2D eigenvalue weighted by atomic mass is 9.84. The van der Waals surface area contributed by atoms with E-state index < -0.39 is 0 Å². The predicted octanol–water partition coefficient (Wildman–Crippen LogP) is 1.70. The molecule has 128 valence electrons. The van der Waals surface area contributed by atoms with Gasteiger partial charge in [-0.2, -0.15) is 0 Å². The van der Waals surface area contributed by atoms with Gasteiger partial charge in [-0.25, -0.2) is 0 Å². The van der Waals surface area contributed by atoms with E-state index in [1.54, 1.807) is 7.05 Å². The number of aryl methyl sites for hydroxylation is 1. The first-order valence-corrected chi connectivity index (χ1v) is 8.43. The number of nitrogens with one attached hydrogen (secondary N) is 2. The molecule has 0 saturated carbocycles. The maximum Gasteiger partial charge on any atom is 0.191 e. The number of hydrogen-bond acceptors (Lipinski definition) is 3. The molecule has 1 aromatic rings. The van der Waals surface area contributed by atoms with Crippen molar-refractivity contribution in [3.8, 4) is 0 Å². The van der Waals surface area contributed by atoms with Crippen molar-refractivity contribution in [2.75, 3.05) is 33.4 Å². The van der Waals surface area contributed by atoms with Crippen LogP contribution in [-0.2, 0) is 17.7 Å². The molecule has 0 amide bonds. The number of guanidine groups is 1. The lowest BCUT2D eigenvalue weighted by molar-refractivity contribution is 0.127. The van der Waals surface area contributed by atoms with Crippen LogP contribution in [0.4, 0.5) is 0 Å². The second-order valence-corrected chi connectivity index (χ2v) is 6.18. The van der Waals surface area contributed by atoms with Crippen molar-refractivity contribution in [3.05, 3.63) is 35.4 Å². The fraction of sp³-hybridized carbons (Fsp3) is 0.611. The van der Waals surface area contributed by atoms with Crippen LogP contribution in [0, 0.1) is 5.41 Å².